The lowest BCUT2D eigenvalue weighted by atomic mass is 10.1. The van der Waals surface area contributed by atoms with Crippen LogP contribution in [-0.2, 0) is 6.42 Å². The van der Waals surface area contributed by atoms with Gasteiger partial charge in [0.15, 0.2) is 0 Å². The Kier molecular flexibility index (Phi) is 2.00. The maximum Gasteiger partial charge on any atom is 0.115 e. The topological polar surface area (TPSA) is 23.5 Å². The van der Waals surface area contributed by atoms with Crippen LogP contribution in [0.25, 0.3) is 0 Å². The Morgan fingerprint density at radius 3 is 2.85 bits per heavy atom. The van der Waals surface area contributed by atoms with Crippen molar-refractivity contribution in [1.82, 2.24) is 4.90 Å². The fourth-order valence-corrected chi connectivity index (χ4v) is 2.10. The Labute approximate surface area is 78.8 Å². The molecule has 0 saturated carbocycles. The molecular formula is C11H15NO. The molecule has 0 amide bonds. The molecule has 0 aromatic heterocycles. The van der Waals surface area contributed by atoms with Crippen LogP contribution in [0.2, 0.25) is 0 Å². The van der Waals surface area contributed by atoms with Crippen LogP contribution in [0.1, 0.15) is 23.6 Å². The lowest BCUT2D eigenvalue weighted by Crippen LogP contribution is -2.17. The second kappa shape index (κ2) is 3.04. The number of hydrogen-bond donors (Lipinski definition) is 1. The summed E-state index contributed by atoms with van der Waals surface area (Å²) < 4.78 is 0. The molecule has 1 N–H and O–H groups in total. The molecule has 0 saturated heterocycles. The minimum Gasteiger partial charge on any atom is -0.508 e. The highest BCUT2D eigenvalue weighted by Crippen LogP contribution is 2.35. The Morgan fingerprint density at radius 1 is 1.38 bits per heavy atom. The zero-order chi connectivity index (χ0) is 9.42. The summed E-state index contributed by atoms with van der Waals surface area (Å²) in [6.07, 6.45) is 2.31. The number of fused-ring (bicyclic) bond motifs is 1. The van der Waals surface area contributed by atoms with Gasteiger partial charge in [-0.05, 0) is 50.2 Å². The van der Waals surface area contributed by atoms with Crippen molar-refractivity contribution in [3.63, 3.8) is 0 Å². The molecular weight excluding hydrogens is 162 g/mol. The summed E-state index contributed by atoms with van der Waals surface area (Å²) in [7, 11) is 4.17. The largest absolute Gasteiger partial charge is 0.508 e. The zero-order valence-electron chi connectivity index (χ0n) is 8.12. The van der Waals surface area contributed by atoms with Gasteiger partial charge in [-0.25, -0.2) is 0 Å². The van der Waals surface area contributed by atoms with E-state index in [-0.39, 0.29) is 0 Å². The molecule has 2 rings (SSSR count). The average Bonchev–Trinajstić information content (AvgIpc) is 2.46. The Bertz CT molecular complexity index is 320. The van der Waals surface area contributed by atoms with Crippen LogP contribution in [0.4, 0.5) is 0 Å². The smallest absolute Gasteiger partial charge is 0.115 e. The van der Waals surface area contributed by atoms with Crippen molar-refractivity contribution >= 4 is 0 Å². The third kappa shape index (κ3) is 1.42. The van der Waals surface area contributed by atoms with E-state index in [1.54, 1.807) is 6.07 Å². The Balaban J connectivity index is 2.40. The molecule has 0 fully saturated rings. The van der Waals surface area contributed by atoms with E-state index in [9.17, 15) is 5.11 Å². The van der Waals surface area contributed by atoms with E-state index in [1.165, 1.54) is 17.5 Å². The predicted octanol–water partition coefficient (Wildman–Crippen LogP) is 1.94. The van der Waals surface area contributed by atoms with Gasteiger partial charge >= 0.3 is 0 Å². The quantitative estimate of drug-likeness (QED) is 0.708. The van der Waals surface area contributed by atoms with Crippen molar-refractivity contribution in [2.24, 2.45) is 0 Å². The van der Waals surface area contributed by atoms with Crippen molar-refractivity contribution in [3.05, 3.63) is 29.3 Å². The fraction of sp³-hybridized carbons (Fsp3) is 0.455. The number of phenolic OH excluding ortho intramolecular Hbond substituents is 1. The monoisotopic (exact) mass is 177 g/mol. The highest BCUT2D eigenvalue weighted by molar-refractivity contribution is 5.40. The van der Waals surface area contributed by atoms with Crippen LogP contribution in [-0.4, -0.2) is 24.1 Å². The van der Waals surface area contributed by atoms with Gasteiger partial charge in [0.05, 0.1) is 0 Å². The van der Waals surface area contributed by atoms with Crippen LogP contribution < -0.4 is 0 Å². The molecule has 0 heterocycles. The van der Waals surface area contributed by atoms with Crippen molar-refractivity contribution in [1.29, 1.82) is 0 Å². The van der Waals surface area contributed by atoms with E-state index >= 15 is 0 Å². The van der Waals surface area contributed by atoms with E-state index in [0.29, 0.717) is 11.8 Å². The first-order valence-corrected chi connectivity index (χ1v) is 4.66. The molecule has 1 atom stereocenters. The molecule has 13 heavy (non-hydrogen) atoms. The second-order valence-electron chi connectivity index (χ2n) is 3.90. The van der Waals surface area contributed by atoms with E-state index in [2.05, 4.69) is 19.0 Å². The second-order valence-corrected chi connectivity index (χ2v) is 3.90. The highest BCUT2D eigenvalue weighted by atomic mass is 16.3. The minimum absolute atomic E-state index is 0.382. The molecule has 1 aliphatic carbocycles. The first-order valence-electron chi connectivity index (χ1n) is 4.66. The molecule has 1 aliphatic rings. The molecule has 2 heteroatoms. The van der Waals surface area contributed by atoms with E-state index < -0.39 is 0 Å². The van der Waals surface area contributed by atoms with Crippen molar-refractivity contribution in [3.8, 4) is 5.75 Å². The number of benzene rings is 1. The van der Waals surface area contributed by atoms with Crippen LogP contribution in [0, 0.1) is 0 Å². The molecule has 2 nitrogen and oxygen atoms in total. The SMILES string of the molecule is CN(C)C1CCc2ccc(O)cc21. The fourth-order valence-electron chi connectivity index (χ4n) is 2.10. The van der Waals surface area contributed by atoms with Crippen molar-refractivity contribution in [2.75, 3.05) is 14.1 Å². The average molecular weight is 177 g/mol. The van der Waals surface area contributed by atoms with Gasteiger partial charge in [-0.3, -0.25) is 0 Å². The number of nitrogens with zero attached hydrogens (tertiary/aromatic N) is 1. The summed E-state index contributed by atoms with van der Waals surface area (Å²) in [4.78, 5) is 2.21. The zero-order valence-corrected chi connectivity index (χ0v) is 8.12. The summed E-state index contributed by atoms with van der Waals surface area (Å²) in [6.45, 7) is 0. The minimum atomic E-state index is 0.382. The van der Waals surface area contributed by atoms with Crippen LogP contribution in [0.15, 0.2) is 18.2 Å². The molecule has 1 aromatic rings. The Hall–Kier alpha value is -1.02. The molecule has 0 radical (unpaired) electrons. The van der Waals surface area contributed by atoms with Gasteiger partial charge < -0.3 is 10.0 Å². The highest BCUT2D eigenvalue weighted by Gasteiger charge is 2.23. The molecule has 0 bridgehead atoms. The standard InChI is InChI=1S/C11H15NO/c1-12(2)11-6-4-8-3-5-9(13)7-10(8)11/h3,5,7,11,13H,4,6H2,1-2H3. The molecule has 70 valence electrons. The van der Waals surface area contributed by atoms with Gasteiger partial charge in [0, 0.05) is 6.04 Å². The summed E-state index contributed by atoms with van der Waals surface area (Å²) in [5.41, 5.74) is 2.68. The normalized spacial score (nSPS) is 20.7. The third-order valence-corrected chi connectivity index (χ3v) is 2.80. The first kappa shape index (κ1) is 8.57. The number of rotatable bonds is 1. The molecule has 1 unspecified atom stereocenters. The van der Waals surface area contributed by atoms with Crippen molar-refractivity contribution < 1.29 is 5.11 Å². The van der Waals surface area contributed by atoms with Crippen LogP contribution in [0.5, 0.6) is 5.75 Å². The van der Waals surface area contributed by atoms with Crippen LogP contribution in [0.3, 0.4) is 0 Å². The van der Waals surface area contributed by atoms with E-state index in [1.807, 2.05) is 12.1 Å². The van der Waals surface area contributed by atoms with E-state index in [0.717, 1.165) is 6.42 Å². The molecule has 1 aromatic carbocycles. The number of aromatic hydroxyl groups is 1. The van der Waals surface area contributed by atoms with Crippen LogP contribution >= 0.6 is 0 Å². The number of phenols is 1. The summed E-state index contributed by atoms with van der Waals surface area (Å²) in [5, 5.41) is 9.38. The summed E-state index contributed by atoms with van der Waals surface area (Å²) in [6, 6.07) is 6.19. The number of hydrogen-bond acceptors (Lipinski definition) is 2. The lowest BCUT2D eigenvalue weighted by molar-refractivity contribution is 0.298. The molecule has 0 spiro atoms. The first-order chi connectivity index (χ1) is 6.18. The van der Waals surface area contributed by atoms with Gasteiger partial charge in [0.1, 0.15) is 5.75 Å². The maximum atomic E-state index is 9.38. The predicted molar refractivity (Wildman–Crippen MR) is 52.9 cm³/mol. The molecule has 0 aliphatic heterocycles. The van der Waals surface area contributed by atoms with Gasteiger partial charge in [-0.1, -0.05) is 6.07 Å². The maximum absolute atomic E-state index is 9.38. The third-order valence-electron chi connectivity index (χ3n) is 2.80. The summed E-state index contributed by atoms with van der Waals surface area (Å²) in [5.74, 6) is 0.382. The number of aryl methyl sites for hydroxylation is 1. The van der Waals surface area contributed by atoms with Crippen molar-refractivity contribution in [2.45, 2.75) is 18.9 Å². The summed E-state index contributed by atoms with van der Waals surface area (Å²) >= 11 is 0. The lowest BCUT2D eigenvalue weighted by Gasteiger charge is -2.19. The van der Waals surface area contributed by atoms with Gasteiger partial charge in [-0.15, -0.1) is 0 Å². The van der Waals surface area contributed by atoms with Gasteiger partial charge in [0.2, 0.25) is 0 Å². The van der Waals surface area contributed by atoms with E-state index in [4.69, 9.17) is 0 Å². The van der Waals surface area contributed by atoms with Gasteiger partial charge in [-0.2, -0.15) is 0 Å². The Morgan fingerprint density at radius 2 is 2.15 bits per heavy atom. The van der Waals surface area contributed by atoms with Gasteiger partial charge in [0.25, 0.3) is 0 Å².